The van der Waals surface area contributed by atoms with Gasteiger partial charge in [0.1, 0.15) is 17.4 Å². The number of aromatic nitrogens is 1. The number of carbonyl (C=O) groups is 4. The Kier molecular flexibility index (Phi) is 5.36. The van der Waals surface area contributed by atoms with Gasteiger partial charge in [0.05, 0.1) is 6.04 Å². The van der Waals surface area contributed by atoms with Crippen molar-refractivity contribution < 1.29 is 36.4 Å². The zero-order chi connectivity index (χ0) is 21.3. The predicted molar refractivity (Wildman–Crippen MR) is 91.7 cm³/mol. The van der Waals surface area contributed by atoms with Gasteiger partial charge in [0.2, 0.25) is 0 Å². The van der Waals surface area contributed by atoms with E-state index in [9.17, 15) is 27.6 Å². The predicted octanol–water partition coefficient (Wildman–Crippen LogP) is -2.06. The molecule has 15 heteroatoms. The van der Waals surface area contributed by atoms with E-state index in [1.54, 1.807) is 0 Å². The van der Waals surface area contributed by atoms with Gasteiger partial charge in [-0.25, -0.2) is 9.78 Å². The number of nitrogens with one attached hydrogen (secondary N) is 2. The first-order valence-corrected chi connectivity index (χ1v) is 9.57. The van der Waals surface area contributed by atoms with Crippen LogP contribution in [0, 0.1) is 0 Å². The van der Waals surface area contributed by atoms with Gasteiger partial charge in [-0.15, -0.1) is 4.28 Å². The van der Waals surface area contributed by atoms with Crippen molar-refractivity contribution in [3.8, 4) is 0 Å². The number of urea groups is 1. The Hall–Kier alpha value is -3.30. The number of pyridine rings is 1. The van der Waals surface area contributed by atoms with Gasteiger partial charge in [-0.05, 0) is 25.0 Å². The van der Waals surface area contributed by atoms with Crippen molar-refractivity contribution in [1.82, 2.24) is 25.8 Å². The molecule has 2 saturated heterocycles. The van der Waals surface area contributed by atoms with Crippen LogP contribution in [0.4, 0.5) is 4.79 Å². The number of hydroxylamine groups is 2. The second kappa shape index (κ2) is 7.61. The van der Waals surface area contributed by atoms with Crippen molar-refractivity contribution in [1.29, 1.82) is 0 Å². The fraction of sp³-hybridized carbons (Fsp3) is 0.357. The van der Waals surface area contributed by atoms with E-state index in [0.29, 0.717) is 5.06 Å². The summed E-state index contributed by atoms with van der Waals surface area (Å²) >= 11 is 0. The number of hydrogen-bond acceptors (Lipinski definition) is 8. The van der Waals surface area contributed by atoms with Gasteiger partial charge in [0.25, 0.3) is 17.7 Å². The van der Waals surface area contributed by atoms with E-state index in [1.165, 1.54) is 18.2 Å². The highest BCUT2D eigenvalue weighted by Gasteiger charge is 2.49. The van der Waals surface area contributed by atoms with E-state index in [-0.39, 0.29) is 30.8 Å². The zero-order valence-electron chi connectivity index (χ0n) is 14.6. The lowest BCUT2D eigenvalue weighted by atomic mass is 10.0. The van der Waals surface area contributed by atoms with Gasteiger partial charge in [-0.3, -0.25) is 29.8 Å². The Bertz CT molecular complexity index is 982. The molecule has 1 aromatic rings. The van der Waals surface area contributed by atoms with E-state index in [1.807, 2.05) is 0 Å². The van der Waals surface area contributed by atoms with E-state index < -0.39 is 46.2 Å². The largest absolute Gasteiger partial charge is 0.418 e. The molecule has 0 saturated carbocycles. The SMILES string of the molecule is NC(=O)c1cccc(C(=O)NNC(=O)[C@@H]2CC[C@H]3CN2C(=O)N3OS(=O)(=O)O)n1. The summed E-state index contributed by atoms with van der Waals surface area (Å²) in [6.45, 7) is 0.00258. The molecule has 29 heavy (non-hydrogen) atoms. The molecule has 1 aromatic heterocycles. The number of hydrazine groups is 1. The quantitative estimate of drug-likeness (QED) is 0.300. The van der Waals surface area contributed by atoms with Crippen LogP contribution in [0.3, 0.4) is 0 Å². The van der Waals surface area contributed by atoms with Gasteiger partial charge in [-0.1, -0.05) is 6.07 Å². The number of amides is 5. The maximum absolute atomic E-state index is 12.4. The third-order valence-corrected chi connectivity index (χ3v) is 4.68. The normalized spacial score (nSPS) is 21.1. The number of hydrogen-bond donors (Lipinski definition) is 4. The summed E-state index contributed by atoms with van der Waals surface area (Å²) in [5.74, 6) is -2.38. The molecule has 5 N–H and O–H groups in total. The first-order valence-electron chi connectivity index (χ1n) is 8.20. The van der Waals surface area contributed by atoms with Gasteiger partial charge in [-0.2, -0.15) is 13.5 Å². The topological polar surface area (TPSA) is 201 Å². The molecule has 14 nitrogen and oxygen atoms in total. The van der Waals surface area contributed by atoms with Gasteiger partial charge >= 0.3 is 16.4 Å². The van der Waals surface area contributed by atoms with Crippen LogP contribution < -0.4 is 16.6 Å². The molecular weight excluding hydrogens is 412 g/mol. The van der Waals surface area contributed by atoms with Gasteiger partial charge in [0, 0.05) is 6.54 Å². The van der Waals surface area contributed by atoms with Crippen LogP contribution in [0.15, 0.2) is 18.2 Å². The molecule has 5 amide bonds. The number of rotatable bonds is 5. The minimum absolute atomic E-state index is 0.00258. The second-order valence-electron chi connectivity index (χ2n) is 6.23. The summed E-state index contributed by atoms with van der Waals surface area (Å²) in [7, 11) is -4.90. The van der Waals surface area contributed by atoms with Crippen LogP contribution in [0.25, 0.3) is 0 Å². The molecule has 156 valence electrons. The Balaban J connectivity index is 1.62. The smallest absolute Gasteiger partial charge is 0.364 e. The number of nitrogens with zero attached hydrogens (tertiary/aromatic N) is 3. The Labute approximate surface area is 163 Å². The van der Waals surface area contributed by atoms with E-state index >= 15 is 0 Å². The van der Waals surface area contributed by atoms with Crippen molar-refractivity contribution in [2.24, 2.45) is 5.73 Å². The first-order chi connectivity index (χ1) is 13.6. The number of carbonyl (C=O) groups excluding carboxylic acids is 4. The van der Waals surface area contributed by atoms with Crippen molar-refractivity contribution in [3.05, 3.63) is 29.6 Å². The average molecular weight is 428 g/mol. The Morgan fingerprint density at radius 2 is 1.90 bits per heavy atom. The maximum atomic E-state index is 12.4. The molecule has 2 aliphatic rings. The first kappa shape index (κ1) is 20.4. The third kappa shape index (κ3) is 4.41. The highest BCUT2D eigenvalue weighted by molar-refractivity contribution is 7.80. The van der Waals surface area contributed by atoms with Crippen molar-refractivity contribution >= 4 is 34.2 Å². The van der Waals surface area contributed by atoms with Crippen molar-refractivity contribution in [2.45, 2.75) is 24.9 Å². The lowest BCUT2D eigenvalue weighted by Crippen LogP contribution is -2.54. The van der Waals surface area contributed by atoms with Crippen LogP contribution in [0.2, 0.25) is 0 Å². The van der Waals surface area contributed by atoms with Crippen LogP contribution in [0.1, 0.15) is 33.8 Å². The van der Waals surface area contributed by atoms with Crippen molar-refractivity contribution in [2.75, 3.05) is 6.54 Å². The summed E-state index contributed by atoms with van der Waals surface area (Å²) in [5, 5.41) is 0.500. The van der Waals surface area contributed by atoms with E-state index in [4.69, 9.17) is 10.3 Å². The molecule has 0 aromatic carbocycles. The molecule has 2 aliphatic heterocycles. The van der Waals surface area contributed by atoms with E-state index in [0.717, 1.165) is 4.90 Å². The monoisotopic (exact) mass is 428 g/mol. The molecular formula is C14H16N6O8S. The molecule has 2 fully saturated rings. The number of primary amides is 1. The fourth-order valence-corrected chi connectivity index (χ4v) is 3.46. The molecule has 2 bridgehead atoms. The highest BCUT2D eigenvalue weighted by Crippen LogP contribution is 2.30. The highest BCUT2D eigenvalue weighted by atomic mass is 32.3. The molecule has 2 atom stereocenters. The Morgan fingerprint density at radius 3 is 2.55 bits per heavy atom. The fourth-order valence-electron chi connectivity index (χ4n) is 3.07. The molecule has 3 heterocycles. The number of fused-ring (bicyclic) bond motifs is 2. The third-order valence-electron chi connectivity index (χ3n) is 4.33. The van der Waals surface area contributed by atoms with Crippen LogP contribution in [0.5, 0.6) is 0 Å². The van der Waals surface area contributed by atoms with Crippen LogP contribution >= 0.6 is 0 Å². The summed E-state index contributed by atoms with van der Waals surface area (Å²) < 4.78 is 34.8. The van der Waals surface area contributed by atoms with Gasteiger partial charge in [0.15, 0.2) is 0 Å². The maximum Gasteiger partial charge on any atom is 0.418 e. The average Bonchev–Trinajstić information content (AvgIpc) is 2.89. The Morgan fingerprint density at radius 1 is 1.21 bits per heavy atom. The minimum atomic E-state index is -4.90. The van der Waals surface area contributed by atoms with Gasteiger partial charge < -0.3 is 10.6 Å². The number of nitrogens with two attached hydrogens (primary N) is 1. The zero-order valence-corrected chi connectivity index (χ0v) is 15.5. The number of piperidine rings is 1. The van der Waals surface area contributed by atoms with Crippen molar-refractivity contribution in [3.63, 3.8) is 0 Å². The standard InChI is InChI=1S/C14H16N6O8S/c15-11(21)8-2-1-3-9(16-8)12(22)17-18-13(23)10-5-4-7-6-19(10)14(24)20(7)28-29(25,26)27/h1-3,7,10H,4-6H2,(H2,15,21)(H,17,22)(H,18,23)(H,25,26,27)/t7-,10-/m0/s1. The summed E-state index contributed by atoms with van der Waals surface area (Å²) in [6, 6.07) is 1.44. The van der Waals surface area contributed by atoms with Crippen LogP contribution in [-0.2, 0) is 19.5 Å². The summed E-state index contributed by atoms with van der Waals surface area (Å²) in [5.41, 5.74) is 9.05. The molecule has 3 rings (SSSR count). The second-order valence-corrected chi connectivity index (χ2v) is 7.23. The molecule has 0 aliphatic carbocycles. The van der Waals surface area contributed by atoms with E-state index in [2.05, 4.69) is 20.1 Å². The van der Waals surface area contributed by atoms with Crippen LogP contribution in [-0.4, -0.2) is 70.3 Å². The summed E-state index contributed by atoms with van der Waals surface area (Å²) in [4.78, 5) is 52.7. The lowest BCUT2D eigenvalue weighted by molar-refractivity contribution is -0.126. The molecule has 0 radical (unpaired) electrons. The summed E-state index contributed by atoms with van der Waals surface area (Å²) in [6.07, 6.45) is 0.394. The minimum Gasteiger partial charge on any atom is -0.364 e. The molecule has 0 unspecified atom stereocenters. The molecule has 0 spiro atoms. The lowest BCUT2D eigenvalue weighted by Gasteiger charge is -2.29.